The van der Waals surface area contributed by atoms with E-state index in [-0.39, 0.29) is 11.3 Å². The molecule has 2 rings (SSSR count). The lowest BCUT2D eigenvalue weighted by Crippen LogP contribution is -2.50. The molecule has 0 amide bonds. The highest BCUT2D eigenvalue weighted by Crippen LogP contribution is 2.54. The van der Waals surface area contributed by atoms with Crippen molar-refractivity contribution in [2.24, 2.45) is 11.3 Å². The lowest BCUT2D eigenvalue weighted by Gasteiger charge is -2.50. The Balaban J connectivity index is 2.35. The van der Waals surface area contributed by atoms with E-state index in [1.807, 2.05) is 6.92 Å². The summed E-state index contributed by atoms with van der Waals surface area (Å²) in [5.74, 6) is 0.147. The topological polar surface area (TPSA) is 44.0 Å². The zero-order valence-electron chi connectivity index (χ0n) is 9.42. The number of aliphatic hydroxyl groups is 1. The van der Waals surface area contributed by atoms with E-state index in [1.54, 1.807) is 0 Å². The molecule has 1 N–H and O–H groups in total. The fourth-order valence-corrected chi connectivity index (χ4v) is 3.56. The van der Waals surface area contributed by atoms with Crippen LogP contribution in [0.15, 0.2) is 12.2 Å². The van der Waals surface area contributed by atoms with Crippen molar-refractivity contribution in [3.05, 3.63) is 12.2 Å². The van der Waals surface area contributed by atoms with Crippen molar-refractivity contribution in [3.63, 3.8) is 0 Å². The highest BCUT2D eigenvalue weighted by Gasteiger charge is 2.52. The van der Waals surface area contributed by atoms with Crippen LogP contribution in [0.5, 0.6) is 0 Å². The van der Waals surface area contributed by atoms with Crippen LogP contribution in [0.3, 0.4) is 0 Å². The standard InChI is InChI=1S/C13H19NO/c1-10-4-5-11-12(2,15)6-3-7-13(11,8-10)9-14/h11,15H,1,3-8H2,2H3/t11?,12-,13+/m0/s1. The monoisotopic (exact) mass is 205 g/mol. The molecule has 2 nitrogen and oxygen atoms in total. The van der Waals surface area contributed by atoms with Gasteiger partial charge in [0.25, 0.3) is 0 Å². The third kappa shape index (κ3) is 1.59. The van der Waals surface area contributed by atoms with Gasteiger partial charge >= 0.3 is 0 Å². The van der Waals surface area contributed by atoms with Gasteiger partial charge in [-0.3, -0.25) is 0 Å². The molecular formula is C13H19NO. The quantitative estimate of drug-likeness (QED) is 0.618. The Bertz CT molecular complexity index is 326. The summed E-state index contributed by atoms with van der Waals surface area (Å²) >= 11 is 0. The zero-order chi connectivity index (χ0) is 11.1. The van der Waals surface area contributed by atoms with Gasteiger partial charge in [0.05, 0.1) is 17.1 Å². The summed E-state index contributed by atoms with van der Waals surface area (Å²) in [4.78, 5) is 0. The zero-order valence-corrected chi connectivity index (χ0v) is 9.42. The Labute approximate surface area is 91.6 Å². The molecule has 0 saturated heterocycles. The SMILES string of the molecule is C=C1CCC2[C@](C#N)(CCC[C@]2(C)O)C1. The van der Waals surface area contributed by atoms with Gasteiger partial charge in [-0.25, -0.2) is 0 Å². The van der Waals surface area contributed by atoms with E-state index in [0.717, 1.165) is 38.5 Å². The van der Waals surface area contributed by atoms with Gasteiger partial charge in [-0.2, -0.15) is 5.26 Å². The van der Waals surface area contributed by atoms with Crippen molar-refractivity contribution in [2.45, 2.75) is 51.0 Å². The number of fused-ring (bicyclic) bond motifs is 1. The first-order valence-electron chi connectivity index (χ1n) is 5.80. The smallest absolute Gasteiger partial charge is 0.0697 e. The molecule has 2 aliphatic carbocycles. The average molecular weight is 205 g/mol. The maximum Gasteiger partial charge on any atom is 0.0697 e. The van der Waals surface area contributed by atoms with E-state index < -0.39 is 5.60 Å². The Kier molecular flexibility index (Phi) is 2.39. The second-order valence-electron chi connectivity index (χ2n) is 5.50. The lowest BCUT2D eigenvalue weighted by molar-refractivity contribution is -0.0914. The average Bonchev–Trinajstić information content (AvgIpc) is 2.16. The minimum atomic E-state index is -0.644. The van der Waals surface area contributed by atoms with Gasteiger partial charge < -0.3 is 5.11 Å². The summed E-state index contributed by atoms with van der Waals surface area (Å²) in [6.45, 7) is 5.91. The molecule has 3 atom stereocenters. The number of rotatable bonds is 0. The highest BCUT2D eigenvalue weighted by atomic mass is 16.3. The fourth-order valence-electron chi connectivity index (χ4n) is 3.56. The van der Waals surface area contributed by atoms with Gasteiger partial charge in [-0.15, -0.1) is 0 Å². The third-order valence-corrected chi connectivity index (χ3v) is 4.30. The molecule has 2 heteroatoms. The summed E-state index contributed by atoms with van der Waals surface area (Å²) in [6, 6.07) is 2.48. The van der Waals surface area contributed by atoms with Gasteiger partial charge in [0.2, 0.25) is 0 Å². The molecule has 2 fully saturated rings. The first kappa shape index (κ1) is 10.7. The van der Waals surface area contributed by atoms with Crippen LogP contribution in [-0.2, 0) is 0 Å². The van der Waals surface area contributed by atoms with Crippen LogP contribution in [0.4, 0.5) is 0 Å². The Morgan fingerprint density at radius 1 is 1.53 bits per heavy atom. The minimum Gasteiger partial charge on any atom is -0.390 e. The lowest BCUT2D eigenvalue weighted by atomic mass is 9.54. The molecule has 0 bridgehead atoms. The van der Waals surface area contributed by atoms with Gasteiger partial charge in [0, 0.05) is 5.92 Å². The van der Waals surface area contributed by atoms with Crippen LogP contribution < -0.4 is 0 Å². The summed E-state index contributed by atoms with van der Waals surface area (Å²) in [5.41, 5.74) is 0.219. The van der Waals surface area contributed by atoms with Crippen molar-refractivity contribution in [2.75, 3.05) is 0 Å². The summed E-state index contributed by atoms with van der Waals surface area (Å²) < 4.78 is 0. The minimum absolute atomic E-state index is 0.147. The largest absolute Gasteiger partial charge is 0.390 e. The molecule has 15 heavy (non-hydrogen) atoms. The normalized spacial score (nSPS) is 45.7. The molecule has 1 unspecified atom stereocenters. The van der Waals surface area contributed by atoms with Gasteiger partial charge in [-0.1, -0.05) is 12.2 Å². The maximum absolute atomic E-state index is 10.4. The first-order chi connectivity index (χ1) is 7.00. The van der Waals surface area contributed by atoms with E-state index >= 15 is 0 Å². The van der Waals surface area contributed by atoms with Crippen molar-refractivity contribution in [3.8, 4) is 6.07 Å². The van der Waals surface area contributed by atoms with Gasteiger partial charge in [-0.05, 0) is 45.4 Å². The molecule has 2 saturated carbocycles. The first-order valence-corrected chi connectivity index (χ1v) is 5.80. The van der Waals surface area contributed by atoms with Crippen molar-refractivity contribution in [1.29, 1.82) is 5.26 Å². The van der Waals surface area contributed by atoms with Crippen molar-refractivity contribution >= 4 is 0 Å². The predicted octanol–water partition coefficient (Wildman–Crippen LogP) is 2.79. The van der Waals surface area contributed by atoms with Crippen molar-refractivity contribution < 1.29 is 5.11 Å². The summed E-state index contributed by atoms with van der Waals surface area (Å²) in [7, 11) is 0. The van der Waals surface area contributed by atoms with E-state index in [4.69, 9.17) is 0 Å². The molecule has 0 heterocycles. The van der Waals surface area contributed by atoms with Crippen LogP contribution >= 0.6 is 0 Å². The molecule has 0 radical (unpaired) electrons. The molecule has 0 spiro atoms. The summed E-state index contributed by atoms with van der Waals surface area (Å²) in [6.07, 6.45) is 5.44. The van der Waals surface area contributed by atoms with Crippen LogP contribution in [-0.4, -0.2) is 10.7 Å². The molecule has 0 aromatic carbocycles. The van der Waals surface area contributed by atoms with E-state index in [1.165, 1.54) is 5.57 Å². The van der Waals surface area contributed by atoms with Crippen molar-refractivity contribution in [1.82, 2.24) is 0 Å². The Hall–Kier alpha value is -0.810. The van der Waals surface area contributed by atoms with Gasteiger partial charge in [0.1, 0.15) is 0 Å². The van der Waals surface area contributed by atoms with Gasteiger partial charge in [0.15, 0.2) is 0 Å². The van der Waals surface area contributed by atoms with E-state index in [9.17, 15) is 10.4 Å². The third-order valence-electron chi connectivity index (χ3n) is 4.30. The number of hydrogen-bond acceptors (Lipinski definition) is 2. The number of nitrogens with zero attached hydrogens (tertiary/aromatic N) is 1. The fraction of sp³-hybridized carbons (Fsp3) is 0.769. The molecule has 0 aliphatic heterocycles. The Morgan fingerprint density at radius 3 is 2.93 bits per heavy atom. The van der Waals surface area contributed by atoms with Crippen LogP contribution in [0.25, 0.3) is 0 Å². The molecule has 0 aromatic rings. The second kappa shape index (κ2) is 3.35. The molecule has 82 valence electrons. The highest BCUT2D eigenvalue weighted by molar-refractivity contribution is 5.19. The number of nitriles is 1. The van der Waals surface area contributed by atoms with E-state index in [2.05, 4.69) is 12.6 Å². The molecule has 2 aliphatic rings. The van der Waals surface area contributed by atoms with Crippen LogP contribution in [0.1, 0.15) is 45.4 Å². The summed E-state index contributed by atoms with van der Waals surface area (Å²) in [5, 5.41) is 19.8. The molecule has 0 aromatic heterocycles. The number of hydrogen-bond donors (Lipinski definition) is 1. The predicted molar refractivity (Wildman–Crippen MR) is 59.0 cm³/mol. The van der Waals surface area contributed by atoms with Crippen LogP contribution in [0.2, 0.25) is 0 Å². The Morgan fingerprint density at radius 2 is 2.27 bits per heavy atom. The molecular weight excluding hydrogens is 186 g/mol. The van der Waals surface area contributed by atoms with Crippen LogP contribution in [0, 0.1) is 22.7 Å². The number of allylic oxidation sites excluding steroid dienone is 1. The maximum atomic E-state index is 10.4. The second-order valence-corrected chi connectivity index (χ2v) is 5.50. The van der Waals surface area contributed by atoms with E-state index in [0.29, 0.717) is 0 Å².